The second-order valence-electron chi connectivity index (χ2n) is 14.1. The van der Waals surface area contributed by atoms with E-state index in [0.29, 0.717) is 12.3 Å². The molecule has 1 aliphatic rings. The first-order valence-corrected chi connectivity index (χ1v) is 18.9. The van der Waals surface area contributed by atoms with Crippen LogP contribution >= 0.6 is 0 Å². The minimum absolute atomic E-state index is 0.111. The maximum Gasteiger partial charge on any atom is 0.161 e. The Bertz CT molecular complexity index is 3040. The number of aromatic nitrogens is 1. The number of fused-ring (bicyclic) bond motifs is 7. The predicted molar refractivity (Wildman–Crippen MR) is 233 cm³/mol. The van der Waals surface area contributed by atoms with Crippen LogP contribution < -0.4 is 0 Å². The molecule has 7 aromatic carbocycles. The Morgan fingerprint density at radius 2 is 1.27 bits per heavy atom. The van der Waals surface area contributed by atoms with Crippen molar-refractivity contribution >= 4 is 72.9 Å². The summed E-state index contributed by atoms with van der Waals surface area (Å²) in [5.41, 5.74) is 11.0. The summed E-state index contributed by atoms with van der Waals surface area (Å²) in [5.74, 6) is 0.568. The van der Waals surface area contributed by atoms with Crippen LogP contribution in [0.4, 0.5) is 0 Å². The normalized spacial score (nSPS) is 15.0. The summed E-state index contributed by atoms with van der Waals surface area (Å²) in [6.07, 6.45) is 4.57. The third kappa shape index (κ3) is 5.87. The van der Waals surface area contributed by atoms with Crippen molar-refractivity contribution in [2.75, 3.05) is 0 Å². The molecule has 0 saturated carbocycles. The van der Waals surface area contributed by atoms with Crippen LogP contribution in [0.3, 0.4) is 0 Å². The molecule has 5 heteroatoms. The highest BCUT2D eigenvalue weighted by molar-refractivity contribution is 6.25. The number of amidine groups is 2. The average Bonchev–Trinajstić information content (AvgIpc) is 3.81. The molecule has 1 aliphatic carbocycles. The van der Waals surface area contributed by atoms with Gasteiger partial charge in [-0.1, -0.05) is 158 Å². The second kappa shape index (κ2) is 14.1. The SMILES string of the molecule is N=C(N=C(N=Cc1ccccc1)c1ccccc1)C1=CC(c2ccccc2)=C(n2c3ccccc3c3c4oc5ccccc5c4ccc32)C(c2ccccc2)C1. The van der Waals surface area contributed by atoms with Crippen molar-refractivity contribution in [2.45, 2.75) is 12.3 Å². The lowest BCUT2D eigenvalue weighted by Crippen LogP contribution is -2.18. The quantitative estimate of drug-likeness (QED) is 0.135. The van der Waals surface area contributed by atoms with Gasteiger partial charge in [0.05, 0.1) is 16.4 Å². The van der Waals surface area contributed by atoms with E-state index in [-0.39, 0.29) is 11.8 Å². The molecule has 0 bridgehead atoms. The van der Waals surface area contributed by atoms with Crippen molar-refractivity contribution in [3.05, 3.63) is 216 Å². The fraction of sp³-hybridized carbons (Fsp3) is 0.0392. The van der Waals surface area contributed by atoms with Gasteiger partial charge in [0.1, 0.15) is 17.0 Å². The predicted octanol–water partition coefficient (Wildman–Crippen LogP) is 12.7. The Kier molecular flexibility index (Phi) is 8.38. The standard InChI is InChI=1S/C51H36N4O/c52-50(54-51(37-23-11-4-12-24-37)53-33-34-17-5-1-6-18-34)38-31-42(35-19-7-2-8-20-35)48(43(32-38)36-21-9-3-10-22-36)55-44-27-15-13-26-41(44)47-45(55)30-29-40-39-25-14-16-28-46(39)56-49(40)47/h1-31,33,43,52H,32H2. The zero-order valence-corrected chi connectivity index (χ0v) is 30.5. The van der Waals surface area contributed by atoms with Gasteiger partial charge in [0.15, 0.2) is 5.84 Å². The Morgan fingerprint density at radius 3 is 2.04 bits per heavy atom. The van der Waals surface area contributed by atoms with Crippen molar-refractivity contribution in [1.29, 1.82) is 5.41 Å². The van der Waals surface area contributed by atoms with Gasteiger partial charge < -0.3 is 8.98 Å². The van der Waals surface area contributed by atoms with Crippen LogP contribution in [0.1, 0.15) is 34.6 Å². The van der Waals surface area contributed by atoms with Crippen molar-refractivity contribution in [2.24, 2.45) is 9.98 Å². The fourth-order valence-corrected chi connectivity index (χ4v) is 8.16. The maximum atomic E-state index is 9.63. The molecule has 2 aromatic heterocycles. The van der Waals surface area contributed by atoms with E-state index in [1.54, 1.807) is 0 Å². The van der Waals surface area contributed by atoms with E-state index in [9.17, 15) is 5.41 Å². The monoisotopic (exact) mass is 720 g/mol. The van der Waals surface area contributed by atoms with Gasteiger partial charge in [-0.15, -0.1) is 0 Å². The minimum atomic E-state index is -0.111. The molecule has 5 nitrogen and oxygen atoms in total. The summed E-state index contributed by atoms with van der Waals surface area (Å²) in [7, 11) is 0. The van der Waals surface area contributed by atoms with E-state index in [1.165, 1.54) is 5.56 Å². The summed E-state index contributed by atoms with van der Waals surface area (Å²) in [6, 6.07) is 62.5. The Balaban J connectivity index is 1.23. The lowest BCUT2D eigenvalue weighted by atomic mass is 9.80. The van der Waals surface area contributed by atoms with Crippen molar-refractivity contribution in [3.8, 4) is 0 Å². The average molecular weight is 721 g/mol. The van der Waals surface area contributed by atoms with Gasteiger partial charge in [-0.05, 0) is 59.0 Å². The van der Waals surface area contributed by atoms with Crippen LogP contribution in [0.2, 0.25) is 0 Å². The largest absolute Gasteiger partial charge is 0.455 e. The first-order valence-electron chi connectivity index (χ1n) is 18.9. The second-order valence-corrected chi connectivity index (χ2v) is 14.1. The Hall–Kier alpha value is -7.37. The molecular weight excluding hydrogens is 685 g/mol. The summed E-state index contributed by atoms with van der Waals surface area (Å²) >= 11 is 0. The van der Waals surface area contributed by atoms with Crippen molar-refractivity contribution < 1.29 is 4.42 Å². The van der Waals surface area contributed by atoms with Crippen molar-refractivity contribution in [3.63, 3.8) is 0 Å². The highest BCUT2D eigenvalue weighted by Gasteiger charge is 2.32. The van der Waals surface area contributed by atoms with E-state index < -0.39 is 0 Å². The third-order valence-electron chi connectivity index (χ3n) is 10.7. The van der Waals surface area contributed by atoms with Gasteiger partial charge in [-0.25, -0.2) is 9.98 Å². The highest BCUT2D eigenvalue weighted by Crippen LogP contribution is 2.48. The number of para-hydroxylation sites is 2. The summed E-state index contributed by atoms with van der Waals surface area (Å²) < 4.78 is 9.11. The van der Waals surface area contributed by atoms with Gasteiger partial charge in [-0.2, -0.15) is 0 Å². The Morgan fingerprint density at radius 1 is 0.625 bits per heavy atom. The molecule has 0 saturated heterocycles. The van der Waals surface area contributed by atoms with Crippen LogP contribution in [0.25, 0.3) is 55.0 Å². The van der Waals surface area contributed by atoms with Crippen LogP contribution in [0, 0.1) is 5.41 Å². The van der Waals surface area contributed by atoms with E-state index in [4.69, 9.17) is 14.4 Å². The number of furan rings is 1. The number of hydrogen-bond acceptors (Lipinski definition) is 2. The maximum absolute atomic E-state index is 9.63. The fourth-order valence-electron chi connectivity index (χ4n) is 8.16. The molecule has 1 atom stereocenters. The summed E-state index contributed by atoms with van der Waals surface area (Å²) in [5, 5.41) is 14.1. The van der Waals surface area contributed by atoms with E-state index in [0.717, 1.165) is 77.3 Å². The first-order chi connectivity index (χ1) is 27.7. The van der Waals surface area contributed by atoms with E-state index in [2.05, 4.69) is 114 Å². The molecular formula is C51H36N4O. The zero-order valence-electron chi connectivity index (χ0n) is 30.5. The molecule has 10 rings (SSSR count). The van der Waals surface area contributed by atoms with Crippen LogP contribution in [-0.4, -0.2) is 22.5 Å². The van der Waals surface area contributed by atoms with Gasteiger partial charge >= 0.3 is 0 Å². The molecule has 0 amide bonds. The smallest absolute Gasteiger partial charge is 0.161 e. The van der Waals surface area contributed by atoms with E-state index in [1.807, 2.05) is 85.1 Å². The molecule has 1 unspecified atom stereocenters. The topological polar surface area (TPSA) is 66.6 Å². The van der Waals surface area contributed by atoms with Gasteiger partial charge in [0.25, 0.3) is 0 Å². The number of nitrogens with zero attached hydrogens (tertiary/aromatic N) is 3. The zero-order chi connectivity index (χ0) is 37.4. The summed E-state index contributed by atoms with van der Waals surface area (Å²) in [4.78, 5) is 9.83. The number of hydrogen-bond donors (Lipinski definition) is 1. The first kappa shape index (κ1) is 33.2. The number of allylic oxidation sites excluding steroid dienone is 3. The van der Waals surface area contributed by atoms with Crippen LogP contribution in [-0.2, 0) is 0 Å². The van der Waals surface area contributed by atoms with Crippen LogP contribution in [0.5, 0.6) is 0 Å². The van der Waals surface area contributed by atoms with Crippen LogP contribution in [0.15, 0.2) is 208 Å². The number of nitrogens with one attached hydrogen (secondary N) is 1. The molecule has 0 radical (unpaired) electrons. The highest BCUT2D eigenvalue weighted by atomic mass is 16.3. The molecule has 0 spiro atoms. The van der Waals surface area contributed by atoms with Gasteiger partial charge in [0, 0.05) is 45.1 Å². The summed E-state index contributed by atoms with van der Waals surface area (Å²) in [6.45, 7) is 0. The third-order valence-corrected chi connectivity index (χ3v) is 10.7. The van der Waals surface area contributed by atoms with Gasteiger partial charge in [-0.3, -0.25) is 5.41 Å². The minimum Gasteiger partial charge on any atom is -0.455 e. The molecule has 56 heavy (non-hydrogen) atoms. The lowest BCUT2D eigenvalue weighted by molar-refractivity contribution is 0.673. The molecule has 2 heterocycles. The van der Waals surface area contributed by atoms with Gasteiger partial charge in [0.2, 0.25) is 0 Å². The Labute approximate surface area is 324 Å². The van der Waals surface area contributed by atoms with E-state index >= 15 is 0 Å². The molecule has 0 fully saturated rings. The lowest BCUT2D eigenvalue weighted by Gasteiger charge is -2.31. The number of benzene rings is 7. The number of rotatable bonds is 6. The molecule has 9 aromatic rings. The molecule has 266 valence electrons. The number of aliphatic imine (C=N–C) groups is 2. The molecule has 1 N–H and O–H groups in total. The van der Waals surface area contributed by atoms with Crippen molar-refractivity contribution in [1.82, 2.24) is 4.57 Å². The molecule has 0 aliphatic heterocycles.